The van der Waals surface area contributed by atoms with E-state index in [9.17, 15) is 4.39 Å². The lowest BCUT2D eigenvalue weighted by Gasteiger charge is -2.32. The van der Waals surface area contributed by atoms with Gasteiger partial charge in [-0.3, -0.25) is 4.90 Å². The molecular formula is C24H23Cl2FN4O2S. The third kappa shape index (κ3) is 4.53. The maximum absolute atomic E-state index is 13.7. The molecule has 0 amide bonds. The molecule has 1 aliphatic rings. The summed E-state index contributed by atoms with van der Waals surface area (Å²) in [6, 6.07) is 6.03. The molecule has 0 N–H and O–H groups in total. The number of furan rings is 1. The second-order valence-electron chi connectivity index (χ2n) is 8.30. The number of fused-ring (bicyclic) bond motifs is 1. The molecule has 0 saturated carbocycles. The minimum atomic E-state index is -0.658. The zero-order chi connectivity index (χ0) is 23.8. The molecule has 178 valence electrons. The summed E-state index contributed by atoms with van der Waals surface area (Å²) in [6.45, 7) is 7.54. The second kappa shape index (κ2) is 9.79. The van der Waals surface area contributed by atoms with Crippen LogP contribution >= 0.6 is 34.5 Å². The van der Waals surface area contributed by atoms with Crippen molar-refractivity contribution < 1.29 is 13.5 Å². The number of hydrogen-bond acceptors (Lipinski definition) is 7. The highest BCUT2D eigenvalue weighted by Gasteiger charge is 2.24. The molecule has 1 aliphatic heterocycles. The highest BCUT2D eigenvalue weighted by Crippen LogP contribution is 2.48. The molecule has 1 aromatic carbocycles. The number of likely N-dealkylation sites (N-methyl/N-ethyl adjacent to an activating group) is 1. The van der Waals surface area contributed by atoms with Gasteiger partial charge >= 0.3 is 0 Å². The van der Waals surface area contributed by atoms with Crippen molar-refractivity contribution in [1.82, 2.24) is 19.8 Å². The zero-order valence-electron chi connectivity index (χ0n) is 18.8. The number of benzene rings is 1. The van der Waals surface area contributed by atoms with E-state index < -0.39 is 6.01 Å². The van der Waals surface area contributed by atoms with Gasteiger partial charge in [0.2, 0.25) is 0 Å². The largest absolute Gasteiger partial charge is 0.491 e. The number of thiophene rings is 1. The molecule has 0 radical (unpaired) electrons. The molecule has 0 aliphatic carbocycles. The topological polar surface area (TPSA) is 54.6 Å². The third-order valence-corrected chi connectivity index (χ3v) is 7.99. The fourth-order valence-corrected chi connectivity index (χ4v) is 5.78. The summed E-state index contributed by atoms with van der Waals surface area (Å²) < 4.78 is 25.0. The summed E-state index contributed by atoms with van der Waals surface area (Å²) in [5.74, 6) is 1.03. The smallest absolute Gasteiger partial charge is 0.278 e. The van der Waals surface area contributed by atoms with Gasteiger partial charge in [0, 0.05) is 44.4 Å². The highest BCUT2D eigenvalue weighted by atomic mass is 35.5. The third-order valence-electron chi connectivity index (χ3n) is 6.12. The van der Waals surface area contributed by atoms with E-state index in [2.05, 4.69) is 26.8 Å². The van der Waals surface area contributed by atoms with Crippen molar-refractivity contribution in [1.29, 1.82) is 0 Å². The number of ether oxygens (including phenoxy) is 1. The van der Waals surface area contributed by atoms with Crippen LogP contribution in [0.25, 0.3) is 32.0 Å². The van der Waals surface area contributed by atoms with Crippen LogP contribution in [0.1, 0.15) is 5.56 Å². The summed E-state index contributed by atoms with van der Waals surface area (Å²) in [6.07, 6.45) is 1.41. The van der Waals surface area contributed by atoms with Gasteiger partial charge in [0.1, 0.15) is 34.4 Å². The summed E-state index contributed by atoms with van der Waals surface area (Å²) in [5, 5.41) is 1.53. The molecule has 0 atom stereocenters. The van der Waals surface area contributed by atoms with E-state index in [0.717, 1.165) is 49.4 Å². The first kappa shape index (κ1) is 23.5. The van der Waals surface area contributed by atoms with Crippen LogP contribution in [0, 0.1) is 12.9 Å². The van der Waals surface area contributed by atoms with Gasteiger partial charge in [0.25, 0.3) is 6.01 Å². The van der Waals surface area contributed by atoms with Crippen LogP contribution in [0.3, 0.4) is 0 Å². The van der Waals surface area contributed by atoms with Gasteiger partial charge in [-0.1, -0.05) is 29.3 Å². The molecule has 10 heteroatoms. The van der Waals surface area contributed by atoms with E-state index >= 15 is 0 Å². The van der Waals surface area contributed by atoms with Crippen molar-refractivity contribution in [3.8, 4) is 27.5 Å². The standard InChI is InChI=1S/C24H23Cl2FN4O2S/c1-14-15(3-4-16(21(14)25)32-12-11-31-9-7-30(2)8-10-31)19-20-23(26)28-13-29-24(20)34-22(19)17-5-6-18(27)33-17/h3-6,13H,7-12H2,1-2H3. The molecule has 6 nitrogen and oxygen atoms in total. The summed E-state index contributed by atoms with van der Waals surface area (Å²) in [4.78, 5) is 14.6. The van der Waals surface area contributed by atoms with Crippen LogP contribution in [0.15, 0.2) is 35.0 Å². The number of halogens is 3. The maximum Gasteiger partial charge on any atom is 0.278 e. The van der Waals surface area contributed by atoms with Gasteiger partial charge in [-0.25, -0.2) is 9.97 Å². The number of aromatic nitrogens is 2. The van der Waals surface area contributed by atoms with Gasteiger partial charge in [-0.2, -0.15) is 4.39 Å². The van der Waals surface area contributed by atoms with Crippen LogP contribution in [-0.2, 0) is 0 Å². The Labute approximate surface area is 210 Å². The molecular weight excluding hydrogens is 498 g/mol. The fourth-order valence-electron chi connectivity index (χ4n) is 4.16. The number of rotatable bonds is 6. The first-order chi connectivity index (χ1) is 16.4. The first-order valence-corrected chi connectivity index (χ1v) is 12.5. The van der Waals surface area contributed by atoms with E-state index in [0.29, 0.717) is 43.4 Å². The molecule has 0 spiro atoms. The lowest BCUT2D eigenvalue weighted by molar-refractivity contribution is 0.134. The van der Waals surface area contributed by atoms with Gasteiger partial charge in [0.05, 0.1) is 15.3 Å². The molecule has 0 bridgehead atoms. The minimum Gasteiger partial charge on any atom is -0.491 e. The Balaban J connectivity index is 1.47. The number of nitrogens with zero attached hydrogens (tertiary/aromatic N) is 4. The first-order valence-electron chi connectivity index (χ1n) is 10.9. The lowest BCUT2D eigenvalue weighted by Crippen LogP contribution is -2.45. The number of piperazine rings is 1. The van der Waals surface area contributed by atoms with E-state index in [4.69, 9.17) is 32.4 Å². The van der Waals surface area contributed by atoms with Gasteiger partial charge in [0.15, 0.2) is 0 Å². The van der Waals surface area contributed by atoms with Crippen LogP contribution in [0.5, 0.6) is 5.75 Å². The van der Waals surface area contributed by atoms with Crippen LogP contribution in [-0.4, -0.2) is 66.1 Å². The van der Waals surface area contributed by atoms with Crippen LogP contribution < -0.4 is 4.74 Å². The quantitative estimate of drug-likeness (QED) is 0.290. The summed E-state index contributed by atoms with van der Waals surface area (Å²) in [7, 11) is 2.14. The van der Waals surface area contributed by atoms with Crippen molar-refractivity contribution in [2.24, 2.45) is 0 Å². The van der Waals surface area contributed by atoms with Crippen LogP contribution in [0.2, 0.25) is 10.2 Å². The predicted octanol–water partition coefficient (Wildman–Crippen LogP) is 6.00. The monoisotopic (exact) mass is 520 g/mol. The minimum absolute atomic E-state index is 0.317. The van der Waals surface area contributed by atoms with E-state index in [1.165, 1.54) is 23.7 Å². The molecule has 1 fully saturated rings. The summed E-state index contributed by atoms with van der Waals surface area (Å²) in [5.41, 5.74) is 2.43. The van der Waals surface area contributed by atoms with E-state index in [1.54, 1.807) is 6.07 Å². The Bertz CT molecular complexity index is 1330. The van der Waals surface area contributed by atoms with E-state index in [1.807, 2.05) is 19.1 Å². The molecule has 3 aromatic heterocycles. The Kier molecular flexibility index (Phi) is 6.77. The zero-order valence-corrected chi connectivity index (χ0v) is 21.1. The average molecular weight is 521 g/mol. The van der Waals surface area contributed by atoms with Gasteiger partial charge in [-0.15, -0.1) is 11.3 Å². The van der Waals surface area contributed by atoms with Gasteiger partial charge in [-0.05, 0) is 37.2 Å². The number of hydrogen-bond donors (Lipinski definition) is 0. The normalized spacial score (nSPS) is 15.3. The molecule has 0 unspecified atom stereocenters. The fraction of sp³-hybridized carbons (Fsp3) is 0.333. The average Bonchev–Trinajstić information content (AvgIpc) is 3.42. The highest BCUT2D eigenvalue weighted by molar-refractivity contribution is 7.22. The van der Waals surface area contributed by atoms with Crippen molar-refractivity contribution >= 4 is 44.8 Å². The van der Waals surface area contributed by atoms with Crippen molar-refractivity contribution in [2.45, 2.75) is 6.92 Å². The van der Waals surface area contributed by atoms with Crippen molar-refractivity contribution in [2.75, 3.05) is 46.4 Å². The van der Waals surface area contributed by atoms with Crippen molar-refractivity contribution in [3.05, 3.63) is 52.3 Å². The molecule has 5 rings (SSSR count). The Morgan fingerprint density at radius 2 is 1.91 bits per heavy atom. The molecule has 1 saturated heterocycles. The van der Waals surface area contributed by atoms with Crippen molar-refractivity contribution in [3.63, 3.8) is 0 Å². The van der Waals surface area contributed by atoms with Gasteiger partial charge < -0.3 is 14.1 Å². The second-order valence-corrected chi connectivity index (χ2v) is 10.0. The molecule has 34 heavy (non-hydrogen) atoms. The lowest BCUT2D eigenvalue weighted by atomic mass is 9.97. The summed E-state index contributed by atoms with van der Waals surface area (Å²) >= 11 is 14.6. The molecule has 4 heterocycles. The SMILES string of the molecule is Cc1c(-c2c(-c3ccc(F)o3)sc3ncnc(Cl)c23)ccc(OCCN2CCN(C)CC2)c1Cl. The Morgan fingerprint density at radius 3 is 2.65 bits per heavy atom. The van der Waals surface area contributed by atoms with Crippen LogP contribution in [0.4, 0.5) is 4.39 Å². The maximum atomic E-state index is 13.7. The molecule has 4 aromatic rings. The van der Waals surface area contributed by atoms with E-state index in [-0.39, 0.29) is 0 Å². The predicted molar refractivity (Wildman–Crippen MR) is 135 cm³/mol. The Morgan fingerprint density at radius 1 is 1.12 bits per heavy atom. The Hall–Kier alpha value is -2.23.